The molecule has 2 aromatic carbocycles. The Kier molecular flexibility index (Phi) is 4.67. The van der Waals surface area contributed by atoms with Crippen LogP contribution in [0.1, 0.15) is 18.4 Å². The van der Waals surface area contributed by atoms with Gasteiger partial charge < -0.3 is 10.6 Å². The van der Waals surface area contributed by atoms with E-state index in [1.54, 1.807) is 36.4 Å². The predicted octanol–water partition coefficient (Wildman–Crippen LogP) is 4.22. The molecule has 7 heteroatoms. The summed E-state index contributed by atoms with van der Waals surface area (Å²) in [6.07, 6.45) is 0.870. The molecular formula is C18H13Cl2N3O2. The predicted molar refractivity (Wildman–Crippen MR) is 96.5 cm³/mol. The van der Waals surface area contributed by atoms with Gasteiger partial charge in [-0.2, -0.15) is 5.26 Å². The van der Waals surface area contributed by atoms with E-state index in [1.807, 2.05) is 6.07 Å². The Hall–Kier alpha value is -2.55. The van der Waals surface area contributed by atoms with Crippen LogP contribution < -0.4 is 10.6 Å². The molecule has 0 atom stereocenters. The van der Waals surface area contributed by atoms with Crippen molar-refractivity contribution in [1.82, 2.24) is 0 Å². The van der Waals surface area contributed by atoms with Crippen LogP contribution in [-0.2, 0) is 9.59 Å². The lowest BCUT2D eigenvalue weighted by atomic mass is 10.0. The number of hydrogen-bond acceptors (Lipinski definition) is 3. The average Bonchev–Trinajstić information content (AvgIpc) is 3.40. The Morgan fingerprint density at radius 2 is 1.64 bits per heavy atom. The Morgan fingerprint density at radius 1 is 1.00 bits per heavy atom. The van der Waals surface area contributed by atoms with Gasteiger partial charge in [0.05, 0.1) is 22.0 Å². The minimum atomic E-state index is -1.15. The fourth-order valence-electron chi connectivity index (χ4n) is 2.45. The number of anilines is 2. The standard InChI is InChI=1S/C18H13Cl2N3O2/c19-12-5-6-15(13(20)9-12)23-17(25)18(7-8-18)16(24)22-14-4-2-1-3-11(14)10-21/h1-6,9H,7-8H2,(H,22,24)(H,23,25). The molecule has 1 aliphatic rings. The molecule has 0 bridgehead atoms. The number of benzene rings is 2. The van der Waals surface area contributed by atoms with E-state index in [1.165, 1.54) is 6.07 Å². The summed E-state index contributed by atoms with van der Waals surface area (Å²) in [5, 5.41) is 15.2. The Morgan fingerprint density at radius 3 is 2.24 bits per heavy atom. The van der Waals surface area contributed by atoms with Crippen molar-refractivity contribution < 1.29 is 9.59 Å². The van der Waals surface area contributed by atoms with Crippen molar-refractivity contribution in [3.8, 4) is 6.07 Å². The average molecular weight is 374 g/mol. The van der Waals surface area contributed by atoms with Crippen molar-refractivity contribution in [2.24, 2.45) is 5.41 Å². The van der Waals surface area contributed by atoms with Crippen LogP contribution in [0.15, 0.2) is 42.5 Å². The van der Waals surface area contributed by atoms with E-state index in [0.717, 1.165) is 0 Å². The van der Waals surface area contributed by atoms with Gasteiger partial charge >= 0.3 is 0 Å². The van der Waals surface area contributed by atoms with Crippen LogP contribution in [-0.4, -0.2) is 11.8 Å². The van der Waals surface area contributed by atoms with Crippen LogP contribution in [0.5, 0.6) is 0 Å². The number of hydrogen-bond donors (Lipinski definition) is 2. The number of halogens is 2. The first kappa shape index (κ1) is 17.3. The number of nitrogens with one attached hydrogen (secondary N) is 2. The van der Waals surface area contributed by atoms with Crippen molar-refractivity contribution in [2.45, 2.75) is 12.8 Å². The van der Waals surface area contributed by atoms with Crippen LogP contribution in [0.25, 0.3) is 0 Å². The van der Waals surface area contributed by atoms with Gasteiger partial charge in [-0.25, -0.2) is 0 Å². The van der Waals surface area contributed by atoms with Gasteiger partial charge in [-0.05, 0) is 43.2 Å². The Labute approximate surface area is 154 Å². The van der Waals surface area contributed by atoms with Crippen LogP contribution in [0.2, 0.25) is 10.0 Å². The molecule has 0 aliphatic heterocycles. The third-order valence-corrected chi connectivity index (χ3v) is 4.64. The highest BCUT2D eigenvalue weighted by atomic mass is 35.5. The molecule has 0 unspecified atom stereocenters. The van der Waals surface area contributed by atoms with Crippen molar-refractivity contribution in [3.05, 3.63) is 58.1 Å². The molecule has 2 aromatic rings. The molecule has 2 N–H and O–H groups in total. The third-order valence-electron chi connectivity index (χ3n) is 4.09. The second-order valence-electron chi connectivity index (χ2n) is 5.77. The molecule has 0 heterocycles. The normalized spacial score (nSPS) is 14.3. The van der Waals surface area contributed by atoms with E-state index in [0.29, 0.717) is 39.8 Å². The van der Waals surface area contributed by atoms with Crippen molar-refractivity contribution in [1.29, 1.82) is 5.26 Å². The zero-order valence-corrected chi connectivity index (χ0v) is 14.5. The first-order valence-corrected chi connectivity index (χ1v) is 8.29. The number of carbonyl (C=O) groups excluding carboxylic acids is 2. The minimum Gasteiger partial charge on any atom is -0.324 e. The second-order valence-corrected chi connectivity index (χ2v) is 6.62. The number of rotatable bonds is 4. The van der Waals surface area contributed by atoms with Crippen LogP contribution in [0, 0.1) is 16.7 Å². The molecule has 5 nitrogen and oxygen atoms in total. The molecule has 25 heavy (non-hydrogen) atoms. The quantitative estimate of drug-likeness (QED) is 0.786. The summed E-state index contributed by atoms with van der Waals surface area (Å²) < 4.78 is 0. The van der Waals surface area contributed by atoms with Crippen molar-refractivity contribution in [2.75, 3.05) is 10.6 Å². The molecular weight excluding hydrogens is 361 g/mol. The van der Waals surface area contributed by atoms with E-state index in [9.17, 15) is 9.59 Å². The maximum atomic E-state index is 12.6. The zero-order valence-electron chi connectivity index (χ0n) is 13.0. The fourth-order valence-corrected chi connectivity index (χ4v) is 2.90. The van der Waals surface area contributed by atoms with Gasteiger partial charge in [-0.1, -0.05) is 35.3 Å². The highest BCUT2D eigenvalue weighted by molar-refractivity contribution is 6.37. The van der Waals surface area contributed by atoms with Gasteiger partial charge in [0, 0.05) is 5.02 Å². The van der Waals surface area contributed by atoms with Crippen LogP contribution >= 0.6 is 23.2 Å². The molecule has 0 aromatic heterocycles. The SMILES string of the molecule is N#Cc1ccccc1NC(=O)C1(C(=O)Nc2ccc(Cl)cc2Cl)CC1. The lowest BCUT2D eigenvalue weighted by Gasteiger charge is -2.16. The van der Waals surface area contributed by atoms with Gasteiger partial charge in [0.15, 0.2) is 0 Å². The second kappa shape index (κ2) is 6.75. The highest BCUT2D eigenvalue weighted by Gasteiger charge is 2.56. The number of carbonyl (C=O) groups is 2. The molecule has 1 fully saturated rings. The van der Waals surface area contributed by atoms with E-state index in [4.69, 9.17) is 28.5 Å². The molecule has 0 saturated heterocycles. The van der Waals surface area contributed by atoms with Crippen LogP contribution in [0.4, 0.5) is 11.4 Å². The summed E-state index contributed by atoms with van der Waals surface area (Å²) in [4.78, 5) is 25.2. The highest BCUT2D eigenvalue weighted by Crippen LogP contribution is 2.48. The number of nitriles is 1. The molecule has 1 aliphatic carbocycles. The first-order valence-electron chi connectivity index (χ1n) is 7.53. The maximum absolute atomic E-state index is 12.6. The molecule has 0 radical (unpaired) electrons. The van der Waals surface area contributed by atoms with Crippen LogP contribution in [0.3, 0.4) is 0 Å². The van der Waals surface area contributed by atoms with E-state index >= 15 is 0 Å². The molecule has 2 amide bonds. The van der Waals surface area contributed by atoms with Gasteiger partial charge in [0.2, 0.25) is 11.8 Å². The van der Waals surface area contributed by atoms with E-state index in [2.05, 4.69) is 10.6 Å². The maximum Gasteiger partial charge on any atom is 0.240 e. The van der Waals surface area contributed by atoms with Gasteiger partial charge in [-0.15, -0.1) is 0 Å². The summed E-state index contributed by atoms with van der Waals surface area (Å²) in [6, 6.07) is 13.4. The van der Waals surface area contributed by atoms with E-state index < -0.39 is 17.2 Å². The van der Waals surface area contributed by atoms with Gasteiger partial charge in [0.1, 0.15) is 11.5 Å². The number of amides is 2. The topological polar surface area (TPSA) is 82.0 Å². The lowest BCUT2D eigenvalue weighted by molar-refractivity contribution is -0.131. The molecule has 1 saturated carbocycles. The molecule has 0 spiro atoms. The third kappa shape index (κ3) is 3.46. The van der Waals surface area contributed by atoms with Crippen molar-refractivity contribution in [3.63, 3.8) is 0 Å². The zero-order chi connectivity index (χ0) is 18.0. The van der Waals surface area contributed by atoms with Gasteiger partial charge in [0.25, 0.3) is 0 Å². The number of nitrogens with zero attached hydrogens (tertiary/aromatic N) is 1. The summed E-state index contributed by atoms with van der Waals surface area (Å²) in [5.41, 5.74) is -0.0232. The first-order chi connectivity index (χ1) is 12.0. The number of para-hydroxylation sites is 1. The summed E-state index contributed by atoms with van der Waals surface area (Å²) in [7, 11) is 0. The van der Waals surface area contributed by atoms with E-state index in [-0.39, 0.29) is 0 Å². The fraction of sp³-hybridized carbons (Fsp3) is 0.167. The Balaban J connectivity index is 1.76. The summed E-state index contributed by atoms with van der Waals surface area (Å²) >= 11 is 11.9. The molecule has 126 valence electrons. The Bertz CT molecular complexity index is 901. The van der Waals surface area contributed by atoms with Crippen molar-refractivity contribution >= 4 is 46.4 Å². The lowest BCUT2D eigenvalue weighted by Crippen LogP contribution is -2.35. The smallest absolute Gasteiger partial charge is 0.240 e. The minimum absolute atomic E-state index is 0.298. The largest absolute Gasteiger partial charge is 0.324 e. The van der Waals surface area contributed by atoms with Gasteiger partial charge in [-0.3, -0.25) is 9.59 Å². The summed E-state index contributed by atoms with van der Waals surface area (Å²) in [6.45, 7) is 0. The monoisotopic (exact) mass is 373 g/mol. The molecule has 3 rings (SSSR count). The summed E-state index contributed by atoms with van der Waals surface area (Å²) in [5.74, 6) is -0.860.